The second-order valence-electron chi connectivity index (χ2n) is 6.35. The number of likely N-dealkylation sites (tertiary alicyclic amines) is 1. The standard InChI is InChI=1S/C19H30N4O.HI/c1-4-20-18(24)13-22-19(21-5-2)23-12-11-17(15(3)14-23)16-9-7-6-8-10-16;/h6-10,15,17H,4-5,11-14H2,1-3H3,(H,20,24)(H,21,22);1H. The van der Waals surface area contributed by atoms with E-state index in [1.165, 1.54) is 5.56 Å². The number of amides is 1. The number of rotatable bonds is 5. The van der Waals surface area contributed by atoms with Crippen molar-refractivity contribution < 1.29 is 4.79 Å². The van der Waals surface area contributed by atoms with E-state index >= 15 is 0 Å². The van der Waals surface area contributed by atoms with E-state index in [-0.39, 0.29) is 36.4 Å². The molecule has 2 rings (SSSR count). The zero-order valence-electron chi connectivity index (χ0n) is 15.5. The Balaban J connectivity index is 0.00000312. The first kappa shape index (κ1) is 21.7. The lowest BCUT2D eigenvalue weighted by Gasteiger charge is -2.39. The maximum Gasteiger partial charge on any atom is 0.241 e. The van der Waals surface area contributed by atoms with Gasteiger partial charge in [-0.2, -0.15) is 0 Å². The molecule has 25 heavy (non-hydrogen) atoms. The van der Waals surface area contributed by atoms with Gasteiger partial charge in [0.15, 0.2) is 5.96 Å². The van der Waals surface area contributed by atoms with Gasteiger partial charge in [0.2, 0.25) is 5.91 Å². The fourth-order valence-corrected chi connectivity index (χ4v) is 3.36. The van der Waals surface area contributed by atoms with Gasteiger partial charge in [0.1, 0.15) is 6.54 Å². The normalized spacial score (nSPS) is 20.6. The lowest BCUT2D eigenvalue weighted by Crippen LogP contribution is -2.48. The van der Waals surface area contributed by atoms with Crippen LogP contribution in [-0.4, -0.2) is 49.5 Å². The van der Waals surface area contributed by atoms with Crippen LogP contribution in [-0.2, 0) is 4.79 Å². The largest absolute Gasteiger partial charge is 0.357 e. The summed E-state index contributed by atoms with van der Waals surface area (Å²) in [5, 5.41) is 6.11. The smallest absolute Gasteiger partial charge is 0.241 e. The molecule has 140 valence electrons. The molecule has 2 unspecified atom stereocenters. The van der Waals surface area contributed by atoms with E-state index in [4.69, 9.17) is 0 Å². The predicted molar refractivity (Wildman–Crippen MR) is 115 cm³/mol. The molecular formula is C19H31IN4O. The van der Waals surface area contributed by atoms with Crippen molar-refractivity contribution in [1.29, 1.82) is 0 Å². The molecule has 1 saturated heterocycles. The highest BCUT2D eigenvalue weighted by Gasteiger charge is 2.28. The van der Waals surface area contributed by atoms with Crippen molar-refractivity contribution in [2.24, 2.45) is 10.9 Å². The second kappa shape index (κ2) is 11.3. The molecule has 0 aliphatic carbocycles. The Morgan fingerprint density at radius 2 is 1.88 bits per heavy atom. The number of halogens is 1. The summed E-state index contributed by atoms with van der Waals surface area (Å²) in [5.74, 6) is 1.96. The summed E-state index contributed by atoms with van der Waals surface area (Å²) in [6, 6.07) is 10.8. The number of guanidine groups is 1. The van der Waals surface area contributed by atoms with E-state index in [0.29, 0.717) is 18.4 Å². The molecule has 0 radical (unpaired) electrons. The average molecular weight is 458 g/mol. The number of carbonyl (C=O) groups is 1. The quantitative estimate of drug-likeness (QED) is 0.406. The molecule has 1 aromatic carbocycles. The number of hydrogen-bond donors (Lipinski definition) is 2. The highest BCUT2D eigenvalue weighted by Crippen LogP contribution is 2.32. The summed E-state index contributed by atoms with van der Waals surface area (Å²) in [4.78, 5) is 18.5. The van der Waals surface area contributed by atoms with Gasteiger partial charge in [-0.25, -0.2) is 4.99 Å². The Morgan fingerprint density at radius 3 is 2.48 bits per heavy atom. The van der Waals surface area contributed by atoms with Crippen molar-refractivity contribution in [3.05, 3.63) is 35.9 Å². The van der Waals surface area contributed by atoms with Gasteiger partial charge in [-0.05, 0) is 37.7 Å². The van der Waals surface area contributed by atoms with Crippen molar-refractivity contribution in [3.8, 4) is 0 Å². The molecule has 1 heterocycles. The zero-order valence-corrected chi connectivity index (χ0v) is 17.8. The molecule has 1 aromatic rings. The first-order chi connectivity index (χ1) is 11.7. The molecular weight excluding hydrogens is 427 g/mol. The van der Waals surface area contributed by atoms with Crippen LogP contribution < -0.4 is 10.6 Å². The number of carbonyl (C=O) groups excluding carboxylic acids is 1. The minimum absolute atomic E-state index is 0. The van der Waals surface area contributed by atoms with Gasteiger partial charge >= 0.3 is 0 Å². The summed E-state index contributed by atoms with van der Waals surface area (Å²) in [6.45, 7) is 9.84. The van der Waals surface area contributed by atoms with Crippen LogP contribution in [0.2, 0.25) is 0 Å². The zero-order chi connectivity index (χ0) is 17.4. The highest BCUT2D eigenvalue weighted by atomic mass is 127. The first-order valence-corrected chi connectivity index (χ1v) is 9.00. The minimum atomic E-state index is -0.0277. The molecule has 2 N–H and O–H groups in total. The van der Waals surface area contributed by atoms with Gasteiger partial charge in [-0.15, -0.1) is 24.0 Å². The average Bonchev–Trinajstić information content (AvgIpc) is 2.59. The maximum absolute atomic E-state index is 11.7. The number of benzene rings is 1. The van der Waals surface area contributed by atoms with Gasteiger partial charge in [-0.1, -0.05) is 37.3 Å². The molecule has 6 heteroatoms. The Kier molecular flexibility index (Phi) is 9.85. The summed E-state index contributed by atoms with van der Waals surface area (Å²) in [6.07, 6.45) is 1.11. The highest BCUT2D eigenvalue weighted by molar-refractivity contribution is 14.0. The molecule has 0 saturated carbocycles. The minimum Gasteiger partial charge on any atom is -0.357 e. The van der Waals surface area contributed by atoms with Crippen LogP contribution in [0.5, 0.6) is 0 Å². The Morgan fingerprint density at radius 1 is 1.20 bits per heavy atom. The van der Waals surface area contributed by atoms with Gasteiger partial charge in [0.25, 0.3) is 0 Å². The van der Waals surface area contributed by atoms with Crippen LogP contribution in [0.3, 0.4) is 0 Å². The number of piperidine rings is 1. The number of nitrogens with one attached hydrogen (secondary N) is 2. The molecule has 0 bridgehead atoms. The lowest BCUT2D eigenvalue weighted by atomic mass is 9.82. The van der Waals surface area contributed by atoms with Crippen LogP contribution in [0.15, 0.2) is 35.3 Å². The van der Waals surface area contributed by atoms with Gasteiger partial charge in [0.05, 0.1) is 0 Å². The first-order valence-electron chi connectivity index (χ1n) is 9.00. The molecule has 1 aliphatic heterocycles. The van der Waals surface area contributed by atoms with Gasteiger partial charge < -0.3 is 15.5 Å². The molecule has 1 amide bonds. The molecule has 5 nitrogen and oxygen atoms in total. The Labute approximate surface area is 168 Å². The van der Waals surface area contributed by atoms with Gasteiger partial charge in [0, 0.05) is 26.2 Å². The second-order valence-corrected chi connectivity index (χ2v) is 6.35. The van der Waals surface area contributed by atoms with Crippen LogP contribution in [0.4, 0.5) is 0 Å². The number of nitrogens with zero attached hydrogens (tertiary/aromatic N) is 2. The van der Waals surface area contributed by atoms with Crippen LogP contribution in [0.1, 0.15) is 38.7 Å². The third-order valence-electron chi connectivity index (χ3n) is 4.51. The van der Waals surface area contributed by atoms with Crippen LogP contribution >= 0.6 is 24.0 Å². The third kappa shape index (κ3) is 6.49. The van der Waals surface area contributed by atoms with Crippen molar-refractivity contribution in [2.45, 2.75) is 33.1 Å². The number of likely N-dealkylation sites (N-methyl/N-ethyl adjacent to an activating group) is 1. The Bertz CT molecular complexity index is 550. The van der Waals surface area contributed by atoms with E-state index < -0.39 is 0 Å². The van der Waals surface area contributed by atoms with E-state index in [1.54, 1.807) is 0 Å². The summed E-state index contributed by atoms with van der Waals surface area (Å²) in [5.41, 5.74) is 1.42. The van der Waals surface area contributed by atoms with Crippen molar-refractivity contribution in [2.75, 3.05) is 32.7 Å². The fourth-order valence-electron chi connectivity index (χ4n) is 3.36. The Hall–Kier alpha value is -1.31. The van der Waals surface area contributed by atoms with Gasteiger partial charge in [-0.3, -0.25) is 4.79 Å². The van der Waals surface area contributed by atoms with E-state index in [0.717, 1.165) is 32.0 Å². The molecule has 0 aromatic heterocycles. The predicted octanol–water partition coefficient (Wildman–Crippen LogP) is 2.83. The third-order valence-corrected chi connectivity index (χ3v) is 4.51. The molecule has 0 spiro atoms. The van der Waals surface area contributed by atoms with Crippen molar-refractivity contribution >= 4 is 35.8 Å². The maximum atomic E-state index is 11.7. The summed E-state index contributed by atoms with van der Waals surface area (Å²) >= 11 is 0. The van der Waals surface area contributed by atoms with E-state index in [2.05, 4.69) is 64.7 Å². The van der Waals surface area contributed by atoms with Crippen molar-refractivity contribution in [1.82, 2.24) is 15.5 Å². The SMILES string of the molecule is CCNC(=O)CN=C(NCC)N1CCC(c2ccccc2)C(C)C1.I. The number of hydrogen-bond acceptors (Lipinski definition) is 2. The molecule has 2 atom stereocenters. The lowest BCUT2D eigenvalue weighted by molar-refractivity contribution is -0.119. The van der Waals surface area contributed by atoms with E-state index in [9.17, 15) is 4.79 Å². The molecule has 1 aliphatic rings. The van der Waals surface area contributed by atoms with Crippen LogP contribution in [0.25, 0.3) is 0 Å². The molecule has 1 fully saturated rings. The fraction of sp³-hybridized carbons (Fsp3) is 0.579. The van der Waals surface area contributed by atoms with Crippen molar-refractivity contribution in [3.63, 3.8) is 0 Å². The summed E-state index contributed by atoms with van der Waals surface area (Å²) < 4.78 is 0. The summed E-state index contributed by atoms with van der Waals surface area (Å²) in [7, 11) is 0. The monoisotopic (exact) mass is 458 g/mol. The van der Waals surface area contributed by atoms with Crippen LogP contribution in [0, 0.1) is 5.92 Å². The van der Waals surface area contributed by atoms with E-state index in [1.807, 2.05) is 6.92 Å². The topological polar surface area (TPSA) is 56.7 Å². The number of aliphatic imine (C=N–C) groups is 1.